The molecule has 0 aromatic carbocycles. The van der Waals surface area contributed by atoms with Crippen LogP contribution in [0.5, 0.6) is 0 Å². The Balaban J connectivity index is 1.49. The highest BCUT2D eigenvalue weighted by Crippen LogP contribution is 2.59. The molecule has 0 aromatic rings. The summed E-state index contributed by atoms with van der Waals surface area (Å²) in [6.45, 7) is 0. The first kappa shape index (κ1) is 10.4. The fraction of sp³-hybridized carbons (Fsp3) is 1.00. The van der Waals surface area contributed by atoms with Gasteiger partial charge in [-0.1, -0.05) is 0 Å². The van der Waals surface area contributed by atoms with Crippen LogP contribution >= 0.6 is 0 Å². The number of epoxide rings is 1. The molecule has 1 saturated heterocycles. The van der Waals surface area contributed by atoms with Crippen molar-refractivity contribution in [3.05, 3.63) is 0 Å². The minimum atomic E-state index is -0.275. The van der Waals surface area contributed by atoms with E-state index in [0.717, 1.165) is 23.5 Å². The van der Waals surface area contributed by atoms with Crippen molar-refractivity contribution >= 4 is 11.5 Å². The van der Waals surface area contributed by atoms with Crippen LogP contribution in [0.4, 0.5) is 0 Å². The van der Waals surface area contributed by atoms with Crippen molar-refractivity contribution in [2.75, 3.05) is 20.0 Å². The van der Waals surface area contributed by atoms with Gasteiger partial charge in [-0.3, -0.25) is 0 Å². The molecule has 86 valence electrons. The number of hydrogen-bond donors (Lipinski definition) is 0. The summed E-state index contributed by atoms with van der Waals surface area (Å²) in [6, 6.07) is 0. The molecule has 3 rings (SSSR count). The van der Waals surface area contributed by atoms with Gasteiger partial charge in [-0.05, 0) is 30.6 Å². The fourth-order valence-corrected chi connectivity index (χ4v) is 4.51. The molecule has 3 aliphatic rings. The van der Waals surface area contributed by atoms with Gasteiger partial charge in [0.1, 0.15) is 0 Å². The Morgan fingerprint density at radius 3 is 2.60 bits per heavy atom. The molecule has 2 bridgehead atoms. The minimum Gasteiger partial charge on any atom is -0.369 e. The lowest BCUT2D eigenvalue weighted by Gasteiger charge is -2.17. The van der Waals surface area contributed by atoms with Crippen molar-refractivity contribution in [3.8, 4) is 0 Å². The zero-order chi connectivity index (χ0) is 10.4. The second kappa shape index (κ2) is 3.91. The van der Waals surface area contributed by atoms with Crippen LogP contribution in [0.15, 0.2) is 0 Å². The molecule has 1 aliphatic heterocycles. The van der Waals surface area contributed by atoms with Gasteiger partial charge in [0.25, 0.3) is 0 Å². The average molecular weight is 231 g/mol. The maximum Gasteiger partial charge on any atom is 0.314 e. The van der Waals surface area contributed by atoms with Crippen molar-refractivity contribution < 1.29 is 13.1 Å². The lowest BCUT2D eigenvalue weighted by Crippen LogP contribution is -2.21. The molecular formula is C11H19O3S+. The molecule has 2 aliphatic carbocycles. The van der Waals surface area contributed by atoms with Gasteiger partial charge in [-0.2, -0.15) is 0 Å². The molecule has 3 fully saturated rings. The van der Waals surface area contributed by atoms with Gasteiger partial charge in [-0.15, -0.1) is 8.37 Å². The molecule has 5 atom stereocenters. The first-order chi connectivity index (χ1) is 7.33. The summed E-state index contributed by atoms with van der Waals surface area (Å²) in [4.78, 5) is 0. The van der Waals surface area contributed by atoms with Gasteiger partial charge in [0.05, 0.1) is 26.4 Å². The molecule has 4 heteroatoms. The Morgan fingerprint density at radius 1 is 1.20 bits per heavy atom. The maximum absolute atomic E-state index is 5.67. The lowest BCUT2D eigenvalue weighted by molar-refractivity contribution is 0.248. The topological polar surface area (TPSA) is 31.0 Å². The Labute approximate surface area is 94.2 Å². The van der Waals surface area contributed by atoms with Crippen LogP contribution in [0.2, 0.25) is 0 Å². The molecule has 5 unspecified atom stereocenters. The highest BCUT2D eigenvalue weighted by Gasteiger charge is 2.63. The number of rotatable bonds is 5. The third-order valence-electron chi connectivity index (χ3n) is 4.26. The SMILES string of the molecule is CO[S+](CCC1CC2CC1C1OC21)OC. The molecule has 0 spiro atoms. The molecule has 2 saturated carbocycles. The van der Waals surface area contributed by atoms with Crippen molar-refractivity contribution in [2.45, 2.75) is 31.5 Å². The van der Waals surface area contributed by atoms with Gasteiger partial charge >= 0.3 is 11.5 Å². The molecular weight excluding hydrogens is 212 g/mol. The van der Waals surface area contributed by atoms with E-state index in [-0.39, 0.29) is 11.5 Å². The first-order valence-corrected chi connectivity index (χ1v) is 7.03. The smallest absolute Gasteiger partial charge is 0.314 e. The Hall–Kier alpha value is 0.230. The Morgan fingerprint density at radius 2 is 2.00 bits per heavy atom. The summed E-state index contributed by atoms with van der Waals surface area (Å²) < 4.78 is 16.2. The quantitative estimate of drug-likeness (QED) is 0.531. The Bertz CT molecular complexity index is 244. The third-order valence-corrected chi connectivity index (χ3v) is 5.57. The summed E-state index contributed by atoms with van der Waals surface area (Å²) in [5.74, 6) is 3.67. The van der Waals surface area contributed by atoms with E-state index in [0.29, 0.717) is 12.2 Å². The summed E-state index contributed by atoms with van der Waals surface area (Å²) in [5, 5.41) is 0. The number of fused-ring (bicyclic) bond motifs is 5. The van der Waals surface area contributed by atoms with Gasteiger partial charge < -0.3 is 4.74 Å². The van der Waals surface area contributed by atoms with Gasteiger partial charge in [0, 0.05) is 6.42 Å². The molecule has 3 nitrogen and oxygen atoms in total. The fourth-order valence-electron chi connectivity index (χ4n) is 3.55. The third kappa shape index (κ3) is 1.71. The van der Waals surface area contributed by atoms with Crippen LogP contribution in [0.3, 0.4) is 0 Å². The molecule has 15 heavy (non-hydrogen) atoms. The number of ether oxygens (including phenoxy) is 1. The highest BCUT2D eigenvalue weighted by atomic mass is 32.2. The van der Waals surface area contributed by atoms with Crippen molar-refractivity contribution in [1.29, 1.82) is 0 Å². The van der Waals surface area contributed by atoms with E-state index in [1.54, 1.807) is 14.2 Å². The Kier molecular flexibility index (Phi) is 2.71. The maximum atomic E-state index is 5.67. The number of hydrogen-bond acceptors (Lipinski definition) is 3. The van der Waals surface area contributed by atoms with Gasteiger partial charge in [0.2, 0.25) is 0 Å². The zero-order valence-corrected chi connectivity index (χ0v) is 10.2. The molecule has 1 heterocycles. The van der Waals surface area contributed by atoms with E-state index < -0.39 is 0 Å². The monoisotopic (exact) mass is 231 g/mol. The molecule has 0 radical (unpaired) electrons. The predicted molar refractivity (Wildman–Crippen MR) is 59.2 cm³/mol. The van der Waals surface area contributed by atoms with E-state index in [2.05, 4.69) is 0 Å². The van der Waals surface area contributed by atoms with E-state index in [9.17, 15) is 0 Å². The summed E-state index contributed by atoms with van der Waals surface area (Å²) >= 11 is -0.275. The van der Waals surface area contributed by atoms with Gasteiger partial charge in [0.15, 0.2) is 5.75 Å². The van der Waals surface area contributed by atoms with Crippen LogP contribution in [0, 0.1) is 17.8 Å². The summed E-state index contributed by atoms with van der Waals surface area (Å²) in [7, 11) is 3.46. The van der Waals surface area contributed by atoms with E-state index in [1.807, 2.05) is 0 Å². The predicted octanol–water partition coefficient (Wildman–Crippen LogP) is 1.54. The average Bonchev–Trinajstić information content (AvgIpc) is 2.88. The first-order valence-electron chi connectivity index (χ1n) is 5.78. The normalized spacial score (nSPS) is 46.2. The van der Waals surface area contributed by atoms with Crippen molar-refractivity contribution in [3.63, 3.8) is 0 Å². The molecule has 0 amide bonds. The van der Waals surface area contributed by atoms with Crippen molar-refractivity contribution in [1.82, 2.24) is 0 Å². The highest BCUT2D eigenvalue weighted by molar-refractivity contribution is 7.87. The van der Waals surface area contributed by atoms with Crippen LogP contribution < -0.4 is 0 Å². The van der Waals surface area contributed by atoms with Crippen LogP contribution in [-0.4, -0.2) is 32.2 Å². The van der Waals surface area contributed by atoms with Crippen LogP contribution in [0.25, 0.3) is 0 Å². The van der Waals surface area contributed by atoms with E-state index >= 15 is 0 Å². The second-order valence-corrected chi connectivity index (χ2v) is 6.53. The van der Waals surface area contributed by atoms with Gasteiger partial charge in [-0.25, -0.2) is 0 Å². The van der Waals surface area contributed by atoms with Crippen molar-refractivity contribution in [2.24, 2.45) is 17.8 Å². The van der Waals surface area contributed by atoms with Crippen LogP contribution in [-0.2, 0) is 24.6 Å². The lowest BCUT2D eigenvalue weighted by atomic mass is 9.87. The molecule has 0 aromatic heterocycles. The zero-order valence-electron chi connectivity index (χ0n) is 9.35. The standard InChI is InChI=1S/C11H19O3S/c1-12-15(13-2)4-3-7-5-8-6-9(7)11-10(8)14-11/h7-11H,3-6H2,1-2H3/q+1. The van der Waals surface area contributed by atoms with E-state index in [4.69, 9.17) is 13.1 Å². The second-order valence-electron chi connectivity index (χ2n) is 4.85. The summed E-state index contributed by atoms with van der Waals surface area (Å²) in [5.41, 5.74) is 0. The van der Waals surface area contributed by atoms with Crippen LogP contribution in [0.1, 0.15) is 19.3 Å². The largest absolute Gasteiger partial charge is 0.369 e. The summed E-state index contributed by atoms with van der Waals surface area (Å²) in [6.07, 6.45) is 5.36. The molecule has 0 N–H and O–H groups in total. The van der Waals surface area contributed by atoms with E-state index in [1.165, 1.54) is 19.3 Å². The minimum absolute atomic E-state index is 0.275.